The van der Waals surface area contributed by atoms with E-state index in [4.69, 9.17) is 9.47 Å². The molecule has 1 aliphatic rings. The topological polar surface area (TPSA) is 21.7 Å². The molecule has 0 aliphatic carbocycles. The maximum Gasteiger partial charge on any atom is 0.161 e. The van der Waals surface area contributed by atoms with Gasteiger partial charge in [0, 0.05) is 12.6 Å². The van der Waals surface area contributed by atoms with E-state index in [0.717, 1.165) is 30.9 Å². The van der Waals surface area contributed by atoms with E-state index in [1.807, 2.05) is 0 Å². The Labute approximate surface area is 189 Å². The molecule has 1 aliphatic heterocycles. The molecule has 4 heteroatoms. The van der Waals surface area contributed by atoms with E-state index in [-0.39, 0.29) is 12.4 Å². The number of ether oxygens (including phenoxy) is 2. The number of methoxy groups -OCH3 is 2. The van der Waals surface area contributed by atoms with Crippen LogP contribution in [0.15, 0.2) is 42.5 Å². The van der Waals surface area contributed by atoms with Crippen LogP contribution in [0.1, 0.15) is 68.2 Å². The van der Waals surface area contributed by atoms with Gasteiger partial charge in [-0.2, -0.15) is 0 Å². The van der Waals surface area contributed by atoms with Crippen LogP contribution in [0.3, 0.4) is 0 Å². The number of nitrogens with zero attached hydrogens (tertiary/aromatic N) is 1. The number of rotatable bonds is 11. The monoisotopic (exact) mass is 431 g/mol. The van der Waals surface area contributed by atoms with Crippen molar-refractivity contribution in [1.82, 2.24) is 4.90 Å². The van der Waals surface area contributed by atoms with E-state index in [1.165, 1.54) is 61.8 Å². The summed E-state index contributed by atoms with van der Waals surface area (Å²) in [5.74, 6) is 1.68. The van der Waals surface area contributed by atoms with Crippen molar-refractivity contribution in [3.8, 4) is 11.5 Å². The molecule has 166 valence electrons. The first kappa shape index (κ1) is 24.6. The maximum absolute atomic E-state index is 5.63. The SMILES string of the molecule is CCCCCCCCN1CCc2cc(OC)c(OC)cc2C1Cc1ccccc1.Cl. The summed E-state index contributed by atoms with van der Waals surface area (Å²) < 4.78 is 11.2. The van der Waals surface area contributed by atoms with Crippen LogP contribution in [-0.4, -0.2) is 32.2 Å². The van der Waals surface area contributed by atoms with Gasteiger partial charge in [0.15, 0.2) is 11.5 Å². The number of halogens is 1. The highest BCUT2D eigenvalue weighted by Gasteiger charge is 2.29. The Morgan fingerprint density at radius 1 is 0.900 bits per heavy atom. The molecule has 0 radical (unpaired) electrons. The second kappa shape index (κ2) is 12.9. The lowest BCUT2D eigenvalue weighted by Crippen LogP contribution is -2.37. The van der Waals surface area contributed by atoms with Crippen molar-refractivity contribution in [1.29, 1.82) is 0 Å². The lowest BCUT2D eigenvalue weighted by atomic mass is 9.88. The van der Waals surface area contributed by atoms with Gasteiger partial charge in [0.2, 0.25) is 0 Å². The van der Waals surface area contributed by atoms with Crippen LogP contribution in [0, 0.1) is 0 Å². The van der Waals surface area contributed by atoms with Gasteiger partial charge in [0.05, 0.1) is 14.2 Å². The molecule has 30 heavy (non-hydrogen) atoms. The molecule has 0 spiro atoms. The van der Waals surface area contributed by atoms with E-state index in [1.54, 1.807) is 14.2 Å². The number of hydrogen-bond donors (Lipinski definition) is 0. The van der Waals surface area contributed by atoms with Gasteiger partial charge >= 0.3 is 0 Å². The van der Waals surface area contributed by atoms with Gasteiger partial charge in [-0.1, -0.05) is 69.4 Å². The summed E-state index contributed by atoms with van der Waals surface area (Å²) >= 11 is 0. The Hall–Kier alpha value is -1.71. The molecule has 0 fully saturated rings. The molecule has 3 nitrogen and oxygen atoms in total. The zero-order chi connectivity index (χ0) is 20.5. The average Bonchev–Trinajstić information content (AvgIpc) is 2.77. The third kappa shape index (κ3) is 6.39. The highest BCUT2D eigenvalue weighted by Crippen LogP contribution is 2.39. The normalized spacial score (nSPS) is 15.9. The maximum atomic E-state index is 5.63. The molecule has 0 bridgehead atoms. The summed E-state index contributed by atoms with van der Waals surface area (Å²) in [6.45, 7) is 4.58. The molecule has 1 unspecified atom stereocenters. The zero-order valence-corrected chi connectivity index (χ0v) is 19.7. The summed E-state index contributed by atoms with van der Waals surface area (Å²) in [5.41, 5.74) is 4.21. The summed E-state index contributed by atoms with van der Waals surface area (Å²) in [6, 6.07) is 15.7. The van der Waals surface area contributed by atoms with E-state index in [9.17, 15) is 0 Å². The molecule has 0 aromatic heterocycles. The Kier molecular flexibility index (Phi) is 10.5. The number of benzene rings is 2. The highest BCUT2D eigenvalue weighted by atomic mass is 35.5. The van der Waals surface area contributed by atoms with Crippen molar-refractivity contribution in [2.45, 2.75) is 64.3 Å². The molecule has 2 aromatic carbocycles. The molecular formula is C26H38ClNO2. The highest BCUT2D eigenvalue weighted by molar-refractivity contribution is 5.85. The first-order valence-electron chi connectivity index (χ1n) is 11.3. The summed E-state index contributed by atoms with van der Waals surface area (Å²) in [5, 5.41) is 0. The van der Waals surface area contributed by atoms with Crippen molar-refractivity contribution in [2.75, 3.05) is 27.3 Å². The van der Waals surface area contributed by atoms with Gasteiger partial charge in [0.1, 0.15) is 0 Å². The molecule has 2 aromatic rings. The molecule has 1 atom stereocenters. The van der Waals surface area contributed by atoms with Crippen molar-refractivity contribution in [3.63, 3.8) is 0 Å². The van der Waals surface area contributed by atoms with Crippen LogP contribution in [-0.2, 0) is 12.8 Å². The van der Waals surface area contributed by atoms with Gasteiger partial charge in [0.25, 0.3) is 0 Å². The fraction of sp³-hybridized carbons (Fsp3) is 0.538. The lowest BCUT2D eigenvalue weighted by molar-refractivity contribution is 0.179. The van der Waals surface area contributed by atoms with Crippen LogP contribution < -0.4 is 9.47 Å². The minimum atomic E-state index is 0. The summed E-state index contributed by atoms with van der Waals surface area (Å²) in [4.78, 5) is 2.70. The first-order valence-corrected chi connectivity index (χ1v) is 11.3. The smallest absolute Gasteiger partial charge is 0.161 e. The Morgan fingerprint density at radius 3 is 2.27 bits per heavy atom. The number of hydrogen-bond acceptors (Lipinski definition) is 3. The molecule has 3 rings (SSSR count). The van der Waals surface area contributed by atoms with Crippen molar-refractivity contribution < 1.29 is 9.47 Å². The standard InChI is InChI=1S/C26H37NO2.ClH/c1-4-5-6-7-8-12-16-27-17-15-22-19-25(28-2)26(29-3)20-23(22)24(27)18-21-13-10-9-11-14-21;/h9-11,13-14,19-20,24H,4-8,12,15-18H2,1-3H3;1H. The van der Waals surface area contributed by atoms with Crippen LogP contribution in [0.25, 0.3) is 0 Å². The predicted octanol–water partition coefficient (Wildman–Crippen LogP) is 6.63. The summed E-state index contributed by atoms with van der Waals surface area (Å²) in [6.07, 6.45) is 10.2. The number of fused-ring (bicyclic) bond motifs is 1. The Morgan fingerprint density at radius 2 is 1.57 bits per heavy atom. The quantitative estimate of drug-likeness (QED) is 0.373. The van der Waals surface area contributed by atoms with E-state index in [2.05, 4.69) is 54.3 Å². The van der Waals surface area contributed by atoms with E-state index >= 15 is 0 Å². The minimum Gasteiger partial charge on any atom is -0.493 e. The fourth-order valence-corrected chi connectivity index (χ4v) is 4.52. The molecule has 0 amide bonds. The lowest BCUT2D eigenvalue weighted by Gasteiger charge is -2.38. The summed E-state index contributed by atoms with van der Waals surface area (Å²) in [7, 11) is 3.45. The fourth-order valence-electron chi connectivity index (χ4n) is 4.52. The van der Waals surface area contributed by atoms with Gasteiger partial charge in [-0.05, 0) is 54.6 Å². The van der Waals surface area contributed by atoms with Crippen LogP contribution in [0.2, 0.25) is 0 Å². The second-order valence-corrected chi connectivity index (χ2v) is 8.17. The predicted molar refractivity (Wildman–Crippen MR) is 128 cm³/mol. The van der Waals surface area contributed by atoms with Crippen molar-refractivity contribution in [2.24, 2.45) is 0 Å². The third-order valence-corrected chi connectivity index (χ3v) is 6.18. The van der Waals surface area contributed by atoms with Crippen molar-refractivity contribution >= 4 is 12.4 Å². The average molecular weight is 432 g/mol. The Bertz CT molecular complexity index is 750. The Balaban J connectivity index is 0.00000320. The number of unbranched alkanes of at least 4 members (excludes halogenated alkanes) is 5. The largest absolute Gasteiger partial charge is 0.493 e. The second-order valence-electron chi connectivity index (χ2n) is 8.17. The van der Waals surface area contributed by atoms with Gasteiger partial charge in [-0.25, -0.2) is 0 Å². The van der Waals surface area contributed by atoms with Gasteiger partial charge < -0.3 is 9.47 Å². The van der Waals surface area contributed by atoms with Crippen LogP contribution >= 0.6 is 12.4 Å². The van der Waals surface area contributed by atoms with Crippen LogP contribution in [0.4, 0.5) is 0 Å². The molecule has 0 saturated carbocycles. The first-order chi connectivity index (χ1) is 14.3. The molecule has 0 N–H and O–H groups in total. The van der Waals surface area contributed by atoms with Crippen molar-refractivity contribution in [3.05, 3.63) is 59.2 Å². The zero-order valence-electron chi connectivity index (χ0n) is 18.9. The van der Waals surface area contributed by atoms with Gasteiger partial charge in [-0.3, -0.25) is 4.90 Å². The third-order valence-electron chi connectivity index (χ3n) is 6.18. The van der Waals surface area contributed by atoms with E-state index in [0.29, 0.717) is 6.04 Å². The minimum absolute atomic E-state index is 0. The van der Waals surface area contributed by atoms with E-state index < -0.39 is 0 Å². The molecule has 0 saturated heterocycles. The molecular weight excluding hydrogens is 394 g/mol. The van der Waals surface area contributed by atoms with Crippen LogP contribution in [0.5, 0.6) is 11.5 Å². The molecule has 1 heterocycles. The van der Waals surface area contributed by atoms with Gasteiger partial charge in [-0.15, -0.1) is 12.4 Å².